The second-order valence-electron chi connectivity index (χ2n) is 6.91. The van der Waals surface area contributed by atoms with Crippen LogP contribution < -0.4 is 0 Å². The first-order valence-electron chi connectivity index (χ1n) is 9.78. The standard InChI is InChI=1S/C22H29NO2S/c24-22(23-15-17-25-18-16-23)12-5-4-10-20-13-14-21(26-20)11-6-9-19-7-2-1-3-8-19/h1-3,7-8,13-14H,4-6,9-12,15-18H2. The van der Waals surface area contributed by atoms with E-state index in [4.69, 9.17) is 4.74 Å². The molecule has 1 aromatic carbocycles. The summed E-state index contributed by atoms with van der Waals surface area (Å²) >= 11 is 1.94. The maximum atomic E-state index is 12.1. The molecule has 3 rings (SSSR count). The molecule has 1 amide bonds. The van der Waals surface area contributed by atoms with Gasteiger partial charge in [-0.1, -0.05) is 30.3 Å². The number of morpholine rings is 1. The van der Waals surface area contributed by atoms with Crippen LogP contribution in [-0.4, -0.2) is 37.1 Å². The van der Waals surface area contributed by atoms with E-state index in [1.807, 2.05) is 16.2 Å². The lowest BCUT2D eigenvalue weighted by Crippen LogP contribution is -2.40. The minimum atomic E-state index is 0.293. The monoisotopic (exact) mass is 371 g/mol. The lowest BCUT2D eigenvalue weighted by atomic mass is 10.1. The van der Waals surface area contributed by atoms with E-state index >= 15 is 0 Å². The molecule has 1 fully saturated rings. The molecule has 2 aromatic rings. The molecule has 0 saturated carbocycles. The molecular weight excluding hydrogens is 342 g/mol. The van der Waals surface area contributed by atoms with Gasteiger partial charge in [0.05, 0.1) is 13.2 Å². The molecule has 0 radical (unpaired) electrons. The first-order valence-corrected chi connectivity index (χ1v) is 10.6. The highest BCUT2D eigenvalue weighted by molar-refractivity contribution is 7.11. The lowest BCUT2D eigenvalue weighted by molar-refractivity contribution is -0.135. The summed E-state index contributed by atoms with van der Waals surface area (Å²) in [5, 5.41) is 0. The molecule has 1 aliphatic heterocycles. The molecule has 1 aromatic heterocycles. The summed E-state index contributed by atoms with van der Waals surface area (Å²) in [6.07, 6.45) is 7.37. The van der Waals surface area contributed by atoms with Crippen molar-refractivity contribution in [1.29, 1.82) is 0 Å². The SMILES string of the molecule is O=C(CCCCc1ccc(CCCc2ccccc2)s1)N1CCOCC1. The Bertz CT molecular complexity index is 662. The number of benzene rings is 1. The first kappa shape index (κ1) is 19.1. The molecule has 0 bridgehead atoms. The Hall–Kier alpha value is -1.65. The Labute approximate surface area is 161 Å². The topological polar surface area (TPSA) is 29.5 Å². The van der Waals surface area contributed by atoms with Crippen molar-refractivity contribution in [3.8, 4) is 0 Å². The zero-order chi connectivity index (χ0) is 18.0. The molecule has 3 nitrogen and oxygen atoms in total. The molecule has 0 unspecified atom stereocenters. The summed E-state index contributed by atoms with van der Waals surface area (Å²) in [6, 6.07) is 15.3. The summed E-state index contributed by atoms with van der Waals surface area (Å²) in [6.45, 7) is 2.90. The van der Waals surface area contributed by atoms with Gasteiger partial charge in [-0.05, 0) is 56.2 Å². The van der Waals surface area contributed by atoms with Gasteiger partial charge >= 0.3 is 0 Å². The van der Waals surface area contributed by atoms with Crippen molar-refractivity contribution in [2.24, 2.45) is 0 Å². The second kappa shape index (κ2) is 10.5. The molecule has 4 heteroatoms. The normalized spacial score (nSPS) is 14.5. The van der Waals surface area contributed by atoms with Crippen LogP contribution in [0.2, 0.25) is 0 Å². The van der Waals surface area contributed by atoms with E-state index in [9.17, 15) is 4.79 Å². The summed E-state index contributed by atoms with van der Waals surface area (Å²) in [4.78, 5) is 17.0. The minimum absolute atomic E-state index is 0.293. The van der Waals surface area contributed by atoms with E-state index in [2.05, 4.69) is 42.5 Å². The third kappa shape index (κ3) is 6.26. The first-order chi connectivity index (χ1) is 12.8. The number of ether oxygens (including phenoxy) is 1. The number of hydrogen-bond donors (Lipinski definition) is 0. The molecule has 1 saturated heterocycles. The van der Waals surface area contributed by atoms with Crippen LogP contribution in [0.5, 0.6) is 0 Å². The predicted molar refractivity (Wildman–Crippen MR) is 108 cm³/mol. The second-order valence-corrected chi connectivity index (χ2v) is 8.16. The fourth-order valence-corrected chi connectivity index (χ4v) is 4.45. The highest BCUT2D eigenvalue weighted by atomic mass is 32.1. The molecule has 0 spiro atoms. The molecule has 0 aliphatic carbocycles. The van der Waals surface area contributed by atoms with Gasteiger partial charge in [0.15, 0.2) is 0 Å². The van der Waals surface area contributed by atoms with Gasteiger partial charge in [-0.3, -0.25) is 4.79 Å². The van der Waals surface area contributed by atoms with Gasteiger partial charge in [0.25, 0.3) is 0 Å². The molecule has 2 heterocycles. The quantitative estimate of drug-likeness (QED) is 0.608. The number of carbonyl (C=O) groups excluding carboxylic acids is 1. The van der Waals surface area contributed by atoms with E-state index in [-0.39, 0.29) is 0 Å². The van der Waals surface area contributed by atoms with Crippen molar-refractivity contribution in [3.63, 3.8) is 0 Å². The average Bonchev–Trinajstić information content (AvgIpc) is 3.14. The van der Waals surface area contributed by atoms with Gasteiger partial charge < -0.3 is 9.64 Å². The highest BCUT2D eigenvalue weighted by Crippen LogP contribution is 2.21. The molecule has 1 aliphatic rings. The van der Waals surface area contributed by atoms with E-state index in [1.165, 1.54) is 21.7 Å². The van der Waals surface area contributed by atoms with E-state index in [0.29, 0.717) is 25.5 Å². The Morgan fingerprint density at radius 3 is 2.31 bits per heavy atom. The number of carbonyl (C=O) groups is 1. The number of aryl methyl sites for hydroxylation is 3. The van der Waals surface area contributed by atoms with Crippen molar-refractivity contribution in [3.05, 3.63) is 57.8 Å². The fraction of sp³-hybridized carbons (Fsp3) is 0.500. The largest absolute Gasteiger partial charge is 0.378 e. The van der Waals surface area contributed by atoms with Gasteiger partial charge in [-0.2, -0.15) is 0 Å². The Morgan fingerprint density at radius 2 is 1.58 bits per heavy atom. The van der Waals surface area contributed by atoms with Crippen LogP contribution >= 0.6 is 11.3 Å². The summed E-state index contributed by atoms with van der Waals surface area (Å²) in [5.74, 6) is 0.293. The Balaban J connectivity index is 1.30. The summed E-state index contributed by atoms with van der Waals surface area (Å²) < 4.78 is 5.30. The zero-order valence-corrected chi connectivity index (χ0v) is 16.3. The van der Waals surface area contributed by atoms with Crippen LogP contribution in [0.1, 0.15) is 41.0 Å². The number of nitrogens with zero attached hydrogens (tertiary/aromatic N) is 1. The van der Waals surface area contributed by atoms with E-state index in [0.717, 1.165) is 45.2 Å². The van der Waals surface area contributed by atoms with Crippen LogP contribution in [0.4, 0.5) is 0 Å². The number of unbranched alkanes of at least 4 members (excludes halogenated alkanes) is 1. The predicted octanol–water partition coefficient (Wildman–Crippen LogP) is 4.50. The van der Waals surface area contributed by atoms with Gasteiger partial charge in [-0.25, -0.2) is 0 Å². The smallest absolute Gasteiger partial charge is 0.222 e. The van der Waals surface area contributed by atoms with Crippen LogP contribution in [0, 0.1) is 0 Å². The van der Waals surface area contributed by atoms with Crippen LogP contribution in [-0.2, 0) is 28.8 Å². The van der Waals surface area contributed by atoms with Crippen LogP contribution in [0.3, 0.4) is 0 Å². The van der Waals surface area contributed by atoms with Crippen molar-refractivity contribution in [2.45, 2.75) is 44.9 Å². The molecule has 0 atom stereocenters. The van der Waals surface area contributed by atoms with Gasteiger partial charge in [0, 0.05) is 29.3 Å². The minimum Gasteiger partial charge on any atom is -0.378 e. The van der Waals surface area contributed by atoms with Gasteiger partial charge in [0.1, 0.15) is 0 Å². The van der Waals surface area contributed by atoms with Crippen LogP contribution in [0.15, 0.2) is 42.5 Å². The van der Waals surface area contributed by atoms with Crippen molar-refractivity contribution in [1.82, 2.24) is 4.90 Å². The third-order valence-electron chi connectivity index (χ3n) is 4.88. The highest BCUT2D eigenvalue weighted by Gasteiger charge is 2.15. The van der Waals surface area contributed by atoms with E-state index in [1.54, 1.807) is 0 Å². The van der Waals surface area contributed by atoms with Gasteiger partial charge in [-0.15, -0.1) is 11.3 Å². The Morgan fingerprint density at radius 1 is 0.885 bits per heavy atom. The van der Waals surface area contributed by atoms with Gasteiger partial charge in [0.2, 0.25) is 5.91 Å². The van der Waals surface area contributed by atoms with E-state index < -0.39 is 0 Å². The number of rotatable bonds is 9. The zero-order valence-electron chi connectivity index (χ0n) is 15.5. The number of thiophene rings is 1. The fourth-order valence-electron chi connectivity index (χ4n) is 3.35. The van der Waals surface area contributed by atoms with Crippen LogP contribution in [0.25, 0.3) is 0 Å². The average molecular weight is 372 g/mol. The summed E-state index contributed by atoms with van der Waals surface area (Å²) in [5.41, 5.74) is 1.43. The number of hydrogen-bond acceptors (Lipinski definition) is 3. The molecule has 0 N–H and O–H groups in total. The molecular formula is C22H29NO2S. The molecule has 26 heavy (non-hydrogen) atoms. The van der Waals surface area contributed by atoms with Crippen molar-refractivity contribution >= 4 is 17.2 Å². The lowest BCUT2D eigenvalue weighted by Gasteiger charge is -2.26. The maximum absolute atomic E-state index is 12.1. The number of amides is 1. The van der Waals surface area contributed by atoms with Crippen molar-refractivity contribution < 1.29 is 9.53 Å². The summed E-state index contributed by atoms with van der Waals surface area (Å²) in [7, 11) is 0. The third-order valence-corrected chi connectivity index (χ3v) is 6.08. The van der Waals surface area contributed by atoms with Crippen molar-refractivity contribution in [2.75, 3.05) is 26.3 Å². The molecule has 140 valence electrons. The maximum Gasteiger partial charge on any atom is 0.222 e. The Kier molecular flexibility index (Phi) is 7.71.